The minimum absolute atomic E-state index is 0.0153. The van der Waals surface area contributed by atoms with Crippen LogP contribution in [0, 0.1) is 5.82 Å². The van der Waals surface area contributed by atoms with Gasteiger partial charge < -0.3 is 20.7 Å². The van der Waals surface area contributed by atoms with Gasteiger partial charge in [0, 0.05) is 49.7 Å². The van der Waals surface area contributed by atoms with Crippen LogP contribution in [0.5, 0.6) is 0 Å². The maximum atomic E-state index is 13.5. The Labute approximate surface area is 210 Å². The number of carbonyl (C=O) groups excluding carboxylic acids is 2. The Balaban J connectivity index is 1.51. The van der Waals surface area contributed by atoms with Gasteiger partial charge in [-0.25, -0.2) is 4.39 Å². The number of carbonyl (C=O) groups is 2. The van der Waals surface area contributed by atoms with Crippen LogP contribution in [-0.4, -0.2) is 66.0 Å². The molecule has 2 fully saturated rings. The number of hydrogen-bond donors (Lipinski definition) is 2. The number of amides is 2. The van der Waals surface area contributed by atoms with Crippen molar-refractivity contribution >= 4 is 23.2 Å². The molecular formula is C26H35FN4O3S. The van der Waals surface area contributed by atoms with Crippen LogP contribution in [0.25, 0.3) is 0 Å². The number of rotatable bonds is 9. The summed E-state index contributed by atoms with van der Waals surface area (Å²) in [5, 5.41) is 5.22. The zero-order valence-corrected chi connectivity index (χ0v) is 21.0. The van der Waals surface area contributed by atoms with Gasteiger partial charge in [0.25, 0.3) is 0 Å². The summed E-state index contributed by atoms with van der Waals surface area (Å²) in [5.74, 6) is -0.551. The molecule has 1 aliphatic heterocycles. The van der Waals surface area contributed by atoms with Gasteiger partial charge in [0.05, 0.1) is 0 Å². The second kappa shape index (κ2) is 12.1. The van der Waals surface area contributed by atoms with E-state index >= 15 is 0 Å². The van der Waals surface area contributed by atoms with Crippen LogP contribution >= 0.6 is 11.3 Å². The molecule has 0 spiro atoms. The molecule has 0 radical (unpaired) electrons. The van der Waals surface area contributed by atoms with E-state index in [-0.39, 0.29) is 42.4 Å². The van der Waals surface area contributed by atoms with Crippen LogP contribution in [0.2, 0.25) is 0 Å². The number of methoxy groups -OCH3 is 1. The summed E-state index contributed by atoms with van der Waals surface area (Å²) in [6.07, 6.45) is 4.07. The molecule has 2 unspecified atom stereocenters. The molecule has 2 aliphatic rings. The van der Waals surface area contributed by atoms with E-state index in [4.69, 9.17) is 10.5 Å². The van der Waals surface area contributed by atoms with Crippen molar-refractivity contribution in [3.8, 4) is 0 Å². The molecule has 1 aromatic carbocycles. The second-order valence-electron chi connectivity index (χ2n) is 9.62. The molecule has 4 rings (SSSR count). The second-order valence-corrected chi connectivity index (χ2v) is 10.6. The number of nitrogens with zero attached hydrogens (tertiary/aromatic N) is 2. The summed E-state index contributed by atoms with van der Waals surface area (Å²) >= 11 is 1.68. The standard InChI is InChI=1S/C26H35FN4O3S/c1-34-17-25(32)31-15-22(13-24(31)26(33)29-21-10-8-20(28)9-11-21)30(16-23-3-2-12-35-23)14-18-4-6-19(27)7-5-18/h2-7,12,20-22,24H,8-11,13-17,28H2,1H3,(H,29,33). The number of thiophene rings is 1. The minimum Gasteiger partial charge on any atom is -0.375 e. The molecule has 9 heteroatoms. The molecule has 1 aliphatic carbocycles. The lowest BCUT2D eigenvalue weighted by molar-refractivity contribution is -0.141. The highest BCUT2D eigenvalue weighted by molar-refractivity contribution is 7.09. The third kappa shape index (κ3) is 6.88. The normalized spacial score (nSPS) is 24.6. The van der Waals surface area contributed by atoms with Crippen LogP contribution in [0.15, 0.2) is 41.8 Å². The van der Waals surface area contributed by atoms with Crippen LogP contribution in [0.4, 0.5) is 4.39 Å². The van der Waals surface area contributed by atoms with Crippen molar-refractivity contribution in [2.75, 3.05) is 20.3 Å². The number of ether oxygens (including phenoxy) is 1. The number of benzene rings is 1. The van der Waals surface area contributed by atoms with Crippen molar-refractivity contribution in [1.29, 1.82) is 0 Å². The van der Waals surface area contributed by atoms with Gasteiger partial charge in [-0.05, 0) is 61.2 Å². The summed E-state index contributed by atoms with van der Waals surface area (Å²) in [4.78, 5) is 31.4. The fourth-order valence-corrected chi connectivity index (χ4v) is 5.84. The minimum atomic E-state index is -0.544. The van der Waals surface area contributed by atoms with Gasteiger partial charge in [0.15, 0.2) is 0 Å². The molecule has 1 saturated carbocycles. The Bertz CT molecular complexity index is 963. The molecule has 190 valence electrons. The largest absolute Gasteiger partial charge is 0.375 e. The Morgan fingerprint density at radius 2 is 1.91 bits per heavy atom. The molecule has 35 heavy (non-hydrogen) atoms. The van der Waals surface area contributed by atoms with E-state index in [9.17, 15) is 14.0 Å². The van der Waals surface area contributed by atoms with Crippen molar-refractivity contribution in [2.45, 2.75) is 69.4 Å². The highest BCUT2D eigenvalue weighted by Crippen LogP contribution is 2.28. The zero-order valence-electron chi connectivity index (χ0n) is 20.2. The van der Waals surface area contributed by atoms with Gasteiger partial charge in [0.2, 0.25) is 11.8 Å². The van der Waals surface area contributed by atoms with E-state index in [2.05, 4.69) is 16.3 Å². The molecule has 2 aromatic rings. The van der Waals surface area contributed by atoms with E-state index in [1.165, 1.54) is 24.1 Å². The third-order valence-corrected chi connectivity index (χ3v) is 7.90. The van der Waals surface area contributed by atoms with E-state index in [0.717, 1.165) is 31.2 Å². The Hall–Kier alpha value is -2.33. The van der Waals surface area contributed by atoms with Gasteiger partial charge in [-0.1, -0.05) is 18.2 Å². The van der Waals surface area contributed by atoms with Crippen LogP contribution in [0.1, 0.15) is 42.5 Å². The van der Waals surface area contributed by atoms with Crippen LogP contribution < -0.4 is 11.1 Å². The average Bonchev–Trinajstić information content (AvgIpc) is 3.52. The first-order valence-corrected chi connectivity index (χ1v) is 13.2. The smallest absolute Gasteiger partial charge is 0.249 e. The first-order valence-electron chi connectivity index (χ1n) is 12.3. The summed E-state index contributed by atoms with van der Waals surface area (Å²) in [6, 6.07) is 10.4. The van der Waals surface area contributed by atoms with E-state index in [0.29, 0.717) is 26.1 Å². The SMILES string of the molecule is COCC(=O)N1CC(N(Cc2ccc(F)cc2)Cc2cccs2)CC1C(=O)NC1CCC(N)CC1. The predicted molar refractivity (Wildman–Crippen MR) is 134 cm³/mol. The van der Waals surface area contributed by atoms with Crippen molar-refractivity contribution < 1.29 is 18.7 Å². The third-order valence-electron chi connectivity index (χ3n) is 7.04. The average molecular weight is 503 g/mol. The van der Waals surface area contributed by atoms with E-state index in [1.807, 2.05) is 11.4 Å². The molecule has 2 atom stereocenters. The molecule has 0 bridgehead atoms. The van der Waals surface area contributed by atoms with Crippen molar-refractivity contribution in [2.24, 2.45) is 5.73 Å². The summed E-state index contributed by atoms with van der Waals surface area (Å²) < 4.78 is 18.6. The zero-order chi connectivity index (χ0) is 24.8. The first-order chi connectivity index (χ1) is 16.9. The quantitative estimate of drug-likeness (QED) is 0.551. The van der Waals surface area contributed by atoms with Crippen LogP contribution in [0.3, 0.4) is 0 Å². The van der Waals surface area contributed by atoms with Gasteiger partial charge >= 0.3 is 0 Å². The molecular weight excluding hydrogens is 467 g/mol. The van der Waals surface area contributed by atoms with Crippen LogP contribution in [-0.2, 0) is 27.4 Å². The molecule has 2 heterocycles. The summed E-state index contributed by atoms with van der Waals surface area (Å²) in [5.41, 5.74) is 7.01. The highest BCUT2D eigenvalue weighted by atomic mass is 32.1. The predicted octanol–water partition coefficient (Wildman–Crippen LogP) is 2.89. The molecule has 1 aromatic heterocycles. The van der Waals surface area contributed by atoms with Crippen molar-refractivity contribution in [3.63, 3.8) is 0 Å². The Kier molecular flexibility index (Phi) is 8.89. The maximum Gasteiger partial charge on any atom is 0.249 e. The molecule has 7 nitrogen and oxygen atoms in total. The molecule has 1 saturated heterocycles. The number of hydrogen-bond acceptors (Lipinski definition) is 6. The van der Waals surface area contributed by atoms with Gasteiger partial charge in [-0.2, -0.15) is 0 Å². The number of likely N-dealkylation sites (tertiary alicyclic amines) is 1. The Morgan fingerprint density at radius 3 is 2.57 bits per heavy atom. The van der Waals surface area contributed by atoms with E-state index in [1.54, 1.807) is 28.4 Å². The lowest BCUT2D eigenvalue weighted by Crippen LogP contribution is -2.50. The number of nitrogens with one attached hydrogen (secondary N) is 1. The number of halogens is 1. The Morgan fingerprint density at radius 1 is 1.17 bits per heavy atom. The lowest BCUT2D eigenvalue weighted by atomic mass is 9.91. The molecule has 3 N–H and O–H groups in total. The maximum absolute atomic E-state index is 13.5. The number of nitrogens with two attached hydrogens (primary N) is 1. The fourth-order valence-electron chi connectivity index (χ4n) is 5.11. The van der Waals surface area contributed by atoms with E-state index < -0.39 is 6.04 Å². The lowest BCUT2D eigenvalue weighted by Gasteiger charge is -2.30. The fraction of sp³-hybridized carbons (Fsp3) is 0.538. The monoisotopic (exact) mass is 502 g/mol. The van der Waals surface area contributed by atoms with Gasteiger partial charge in [0.1, 0.15) is 18.5 Å². The van der Waals surface area contributed by atoms with Crippen molar-refractivity contribution in [1.82, 2.24) is 15.1 Å². The summed E-state index contributed by atoms with van der Waals surface area (Å²) in [6.45, 7) is 1.69. The van der Waals surface area contributed by atoms with Gasteiger partial charge in [-0.15, -0.1) is 11.3 Å². The van der Waals surface area contributed by atoms with Crippen molar-refractivity contribution in [3.05, 3.63) is 58.0 Å². The van der Waals surface area contributed by atoms with Gasteiger partial charge in [-0.3, -0.25) is 14.5 Å². The molecule has 2 amide bonds. The first kappa shape index (κ1) is 25.8. The topological polar surface area (TPSA) is 87.9 Å². The summed E-state index contributed by atoms with van der Waals surface area (Å²) in [7, 11) is 1.49. The highest BCUT2D eigenvalue weighted by Gasteiger charge is 2.42.